The van der Waals surface area contributed by atoms with Gasteiger partial charge in [-0.25, -0.2) is 14.8 Å². The molecule has 1 aliphatic carbocycles. The lowest BCUT2D eigenvalue weighted by Gasteiger charge is -2.30. The molecule has 1 aromatic heterocycles. The molecule has 174 valence electrons. The Kier molecular flexibility index (Phi) is 7.84. The van der Waals surface area contributed by atoms with Gasteiger partial charge in [0.25, 0.3) is 0 Å². The van der Waals surface area contributed by atoms with Crippen LogP contribution in [0.2, 0.25) is 5.02 Å². The average Bonchev–Trinajstić information content (AvgIpc) is 2.75. The fourth-order valence-electron chi connectivity index (χ4n) is 3.75. The number of urea groups is 1. The van der Waals surface area contributed by atoms with Gasteiger partial charge < -0.3 is 30.3 Å². The summed E-state index contributed by atoms with van der Waals surface area (Å²) in [6.45, 7) is 1.89. The number of aryl methyl sites for hydroxylation is 1. The highest BCUT2D eigenvalue weighted by Gasteiger charge is 2.23. The van der Waals surface area contributed by atoms with Crippen molar-refractivity contribution in [2.75, 3.05) is 43.8 Å². The van der Waals surface area contributed by atoms with Crippen LogP contribution in [0, 0.1) is 6.92 Å². The van der Waals surface area contributed by atoms with Crippen molar-refractivity contribution in [3.05, 3.63) is 29.0 Å². The molecule has 0 spiro atoms. The van der Waals surface area contributed by atoms with Crippen molar-refractivity contribution in [3.8, 4) is 11.5 Å². The number of aromatic nitrogens is 2. The van der Waals surface area contributed by atoms with E-state index >= 15 is 0 Å². The number of nitrogens with zero attached hydrogens (tertiary/aromatic N) is 3. The zero-order valence-electron chi connectivity index (χ0n) is 19.2. The molecule has 0 bridgehead atoms. The van der Waals surface area contributed by atoms with E-state index in [9.17, 15) is 4.79 Å². The number of benzene rings is 1. The molecule has 3 N–H and O–H groups in total. The van der Waals surface area contributed by atoms with Gasteiger partial charge in [-0.2, -0.15) is 0 Å². The van der Waals surface area contributed by atoms with Gasteiger partial charge in [0.2, 0.25) is 0 Å². The zero-order chi connectivity index (χ0) is 23.3. The first-order valence-electron chi connectivity index (χ1n) is 10.6. The molecule has 0 unspecified atom stereocenters. The van der Waals surface area contributed by atoms with E-state index in [0.717, 1.165) is 43.1 Å². The van der Waals surface area contributed by atoms with E-state index in [4.69, 9.17) is 21.1 Å². The minimum absolute atomic E-state index is 0.0947. The molecule has 1 fully saturated rings. The van der Waals surface area contributed by atoms with Gasteiger partial charge >= 0.3 is 6.03 Å². The monoisotopic (exact) mass is 462 g/mol. The van der Waals surface area contributed by atoms with Crippen molar-refractivity contribution in [3.63, 3.8) is 0 Å². The molecular weight excluding hydrogens is 432 g/mol. The Labute approximate surface area is 193 Å². The van der Waals surface area contributed by atoms with Crippen molar-refractivity contribution >= 4 is 35.0 Å². The molecule has 1 saturated carbocycles. The molecule has 32 heavy (non-hydrogen) atoms. The molecule has 1 heterocycles. The first kappa shape index (κ1) is 23.7. The molecular formula is C22H31ClN6O3. The summed E-state index contributed by atoms with van der Waals surface area (Å²) in [5.41, 5.74) is 0.488. The van der Waals surface area contributed by atoms with E-state index in [0.29, 0.717) is 28.3 Å². The molecule has 0 radical (unpaired) electrons. The zero-order valence-corrected chi connectivity index (χ0v) is 19.9. The van der Waals surface area contributed by atoms with Crippen LogP contribution in [0.25, 0.3) is 0 Å². The fraction of sp³-hybridized carbons (Fsp3) is 0.500. The second kappa shape index (κ2) is 10.6. The Balaban J connectivity index is 1.52. The van der Waals surface area contributed by atoms with Crippen LogP contribution in [0.15, 0.2) is 18.2 Å². The number of methoxy groups -OCH3 is 2. The third-order valence-electron chi connectivity index (χ3n) is 5.42. The van der Waals surface area contributed by atoms with Crippen molar-refractivity contribution in [1.82, 2.24) is 15.3 Å². The molecule has 1 aromatic carbocycles. The molecule has 0 saturated heterocycles. The lowest BCUT2D eigenvalue weighted by Crippen LogP contribution is -2.42. The number of hydrogen-bond acceptors (Lipinski definition) is 7. The maximum Gasteiger partial charge on any atom is 0.319 e. The summed E-state index contributed by atoms with van der Waals surface area (Å²) < 4.78 is 10.5. The first-order chi connectivity index (χ1) is 15.3. The average molecular weight is 463 g/mol. The molecule has 2 amide bonds. The van der Waals surface area contributed by atoms with Gasteiger partial charge in [-0.1, -0.05) is 11.6 Å². The Hall–Kier alpha value is -2.94. The van der Waals surface area contributed by atoms with E-state index in [1.165, 1.54) is 14.2 Å². The normalized spacial score (nSPS) is 17.9. The van der Waals surface area contributed by atoms with Crippen molar-refractivity contribution in [1.29, 1.82) is 0 Å². The van der Waals surface area contributed by atoms with Gasteiger partial charge in [-0.15, -0.1) is 0 Å². The third-order valence-corrected chi connectivity index (χ3v) is 5.71. The number of anilines is 3. The van der Waals surface area contributed by atoms with Crippen LogP contribution in [0.5, 0.6) is 11.5 Å². The van der Waals surface area contributed by atoms with Crippen LogP contribution in [0.3, 0.4) is 0 Å². The Morgan fingerprint density at radius 3 is 2.31 bits per heavy atom. The molecule has 10 heteroatoms. The van der Waals surface area contributed by atoms with Crippen LogP contribution in [0.4, 0.5) is 22.1 Å². The van der Waals surface area contributed by atoms with Gasteiger partial charge in [-0.3, -0.25) is 0 Å². The van der Waals surface area contributed by atoms with Crippen molar-refractivity contribution in [2.24, 2.45) is 0 Å². The predicted molar refractivity (Wildman–Crippen MR) is 127 cm³/mol. The quantitative estimate of drug-likeness (QED) is 0.570. The van der Waals surface area contributed by atoms with Crippen LogP contribution in [-0.2, 0) is 0 Å². The molecule has 2 aromatic rings. The second-order valence-corrected chi connectivity index (χ2v) is 8.44. The maximum absolute atomic E-state index is 12.5. The molecule has 0 aliphatic heterocycles. The van der Waals surface area contributed by atoms with Crippen molar-refractivity contribution < 1.29 is 14.3 Å². The molecule has 0 atom stereocenters. The number of carbonyl (C=O) groups is 1. The Morgan fingerprint density at radius 1 is 1.03 bits per heavy atom. The molecule has 9 nitrogen and oxygen atoms in total. The summed E-state index contributed by atoms with van der Waals surface area (Å²) in [5, 5.41) is 9.78. The topological polar surface area (TPSA) is 101 Å². The largest absolute Gasteiger partial charge is 0.495 e. The lowest BCUT2D eigenvalue weighted by atomic mass is 9.91. The summed E-state index contributed by atoms with van der Waals surface area (Å²) >= 11 is 6.18. The lowest BCUT2D eigenvalue weighted by molar-refractivity contribution is 0.243. The molecule has 1 aliphatic rings. The Morgan fingerprint density at radius 2 is 1.69 bits per heavy atom. The summed E-state index contributed by atoms with van der Waals surface area (Å²) in [4.78, 5) is 23.4. The number of ether oxygens (including phenoxy) is 2. The summed E-state index contributed by atoms with van der Waals surface area (Å²) in [5.74, 6) is 3.41. The summed E-state index contributed by atoms with van der Waals surface area (Å²) in [7, 11) is 6.98. The standard InChI is InChI=1S/C22H31ClN6O3/c1-13-24-20(12-21(25-13)29(2)3)26-14-6-8-15(9-7-14)27-22(30)28-17-10-16(23)18(31-4)11-19(17)32-5/h10-12,14-15H,6-9H2,1-5H3,(H,24,25,26)(H2,27,28,30). The number of carbonyl (C=O) groups excluding carboxylic acids is 1. The number of nitrogens with one attached hydrogen (secondary N) is 3. The molecule has 3 rings (SSSR count). The highest BCUT2D eigenvalue weighted by Crippen LogP contribution is 2.36. The fourth-order valence-corrected chi connectivity index (χ4v) is 3.99. The van der Waals surface area contributed by atoms with Crippen LogP contribution in [0.1, 0.15) is 31.5 Å². The van der Waals surface area contributed by atoms with E-state index in [2.05, 4.69) is 25.9 Å². The van der Waals surface area contributed by atoms with Gasteiger partial charge in [0.05, 0.1) is 24.9 Å². The van der Waals surface area contributed by atoms with E-state index in [1.807, 2.05) is 32.0 Å². The second-order valence-electron chi connectivity index (χ2n) is 8.03. The van der Waals surface area contributed by atoms with Crippen molar-refractivity contribution in [2.45, 2.75) is 44.7 Å². The van der Waals surface area contributed by atoms with E-state index < -0.39 is 0 Å². The third kappa shape index (κ3) is 6.06. The van der Waals surface area contributed by atoms with Gasteiger partial charge in [-0.05, 0) is 38.7 Å². The van der Waals surface area contributed by atoms with Gasteiger partial charge in [0.15, 0.2) is 0 Å². The van der Waals surface area contributed by atoms with Crippen LogP contribution < -0.4 is 30.3 Å². The SMILES string of the molecule is COc1cc(OC)c(NC(=O)NC2CCC(Nc3cc(N(C)C)nc(C)n3)CC2)cc1Cl. The highest BCUT2D eigenvalue weighted by molar-refractivity contribution is 6.32. The van der Waals surface area contributed by atoms with E-state index in [1.54, 1.807) is 12.1 Å². The van der Waals surface area contributed by atoms with E-state index in [-0.39, 0.29) is 12.1 Å². The number of rotatable bonds is 7. The predicted octanol–water partition coefficient (Wildman–Crippen LogP) is 4.07. The smallest absolute Gasteiger partial charge is 0.319 e. The minimum atomic E-state index is -0.289. The van der Waals surface area contributed by atoms with Crippen LogP contribution >= 0.6 is 11.6 Å². The minimum Gasteiger partial charge on any atom is -0.495 e. The summed E-state index contributed by atoms with van der Waals surface area (Å²) in [6.07, 6.45) is 3.61. The highest BCUT2D eigenvalue weighted by atomic mass is 35.5. The number of hydrogen-bond donors (Lipinski definition) is 3. The number of halogens is 1. The summed E-state index contributed by atoms with van der Waals surface area (Å²) in [6, 6.07) is 5.33. The number of amides is 2. The van der Waals surface area contributed by atoms with Gasteiger partial charge in [0, 0.05) is 38.3 Å². The first-order valence-corrected chi connectivity index (χ1v) is 11.0. The van der Waals surface area contributed by atoms with Gasteiger partial charge in [0.1, 0.15) is 29.0 Å². The Bertz CT molecular complexity index is 948. The van der Waals surface area contributed by atoms with Crippen LogP contribution in [-0.4, -0.2) is 56.4 Å². The maximum atomic E-state index is 12.5.